The molecule has 0 aromatic heterocycles. The first-order chi connectivity index (χ1) is 8.68. The molecule has 0 aliphatic rings. The Morgan fingerprint density at radius 1 is 0.923 bits per heavy atom. The molecule has 1 aromatic rings. The summed E-state index contributed by atoms with van der Waals surface area (Å²) in [5.74, 6) is 0. The van der Waals surface area contributed by atoms with Crippen LogP contribution in [0.3, 0.4) is 0 Å². The van der Waals surface area contributed by atoms with Crippen LogP contribution in [0.2, 0.25) is 0 Å². The number of nitrogens with two attached hydrogens (primary N) is 1. The number of hydrogen-bond donors (Lipinski definition) is 5. The van der Waals surface area contributed by atoms with Gasteiger partial charge in [-0.2, -0.15) is 8.42 Å². The third-order valence-electron chi connectivity index (χ3n) is 2.10. The van der Waals surface area contributed by atoms with Crippen molar-refractivity contribution in [2.75, 3.05) is 19.8 Å². The molecule has 1 atom stereocenters. The molecule has 0 saturated heterocycles. The average molecular weight is 455 g/mol. The van der Waals surface area contributed by atoms with Crippen molar-refractivity contribution in [3.8, 4) is 0 Å². The zero-order valence-corrected chi connectivity index (χ0v) is 14.1. The van der Waals surface area contributed by atoms with E-state index in [4.69, 9.17) is 25.6 Å². The first-order valence-corrected chi connectivity index (χ1v) is 7.15. The Morgan fingerprint density at radius 2 is 1.27 bits per heavy atom. The molecular formula is C10H29NNa3O10PS. The average Bonchev–Trinajstić information content (AvgIpc) is 2.38. The fourth-order valence-electron chi connectivity index (χ4n) is 0.825. The summed E-state index contributed by atoms with van der Waals surface area (Å²) < 4.78 is 29.6. The van der Waals surface area contributed by atoms with Crippen LogP contribution in [-0.2, 0) is 10.1 Å². The summed E-state index contributed by atoms with van der Waals surface area (Å²) in [6, 6.07) is 5.99. The molecule has 0 heterocycles. The van der Waals surface area contributed by atoms with Gasteiger partial charge in [0.2, 0.25) is 0 Å². The Labute approximate surface area is 221 Å². The molecule has 14 N–H and O–H groups in total. The van der Waals surface area contributed by atoms with Gasteiger partial charge in [0.25, 0.3) is 10.1 Å². The van der Waals surface area contributed by atoms with Crippen molar-refractivity contribution in [3.63, 3.8) is 0 Å². The van der Waals surface area contributed by atoms with Gasteiger partial charge in [-0.25, -0.2) is 0 Å². The summed E-state index contributed by atoms with van der Waals surface area (Å²) in [6.07, 6.45) is 0. The van der Waals surface area contributed by atoms with Crippen LogP contribution < -0.4 is 11.0 Å². The van der Waals surface area contributed by atoms with Gasteiger partial charge in [0, 0.05) is 0 Å². The molecule has 1 rings (SSSR count). The fraction of sp³-hybridized carbons (Fsp3) is 0.400. The topological polar surface area (TPSA) is 267 Å². The normalized spacial score (nSPS) is 8.54. The maximum absolute atomic E-state index is 10.5. The summed E-state index contributed by atoms with van der Waals surface area (Å²) in [6.45, 7) is -1.21. The second-order valence-electron chi connectivity index (χ2n) is 3.88. The van der Waals surface area contributed by atoms with E-state index in [0.717, 1.165) is 5.30 Å². The zero-order valence-electron chi connectivity index (χ0n) is 12.1. The fourth-order valence-corrected chi connectivity index (χ4v) is 1.77. The van der Waals surface area contributed by atoms with E-state index in [1.165, 1.54) is 12.1 Å². The monoisotopic (exact) mass is 455 g/mol. The van der Waals surface area contributed by atoms with Crippen LogP contribution >= 0.6 is 9.24 Å². The molecule has 16 heteroatoms. The summed E-state index contributed by atoms with van der Waals surface area (Å²) in [7, 11) is -1.69. The van der Waals surface area contributed by atoms with E-state index >= 15 is 0 Å². The van der Waals surface area contributed by atoms with Crippen molar-refractivity contribution >= 4 is 113 Å². The third-order valence-corrected chi connectivity index (χ3v) is 3.31. The Morgan fingerprint density at radius 3 is 1.42 bits per heavy atom. The van der Waals surface area contributed by atoms with Crippen LogP contribution in [0.15, 0.2) is 29.2 Å². The van der Waals surface area contributed by atoms with Gasteiger partial charge in [-0.15, -0.1) is 9.24 Å². The second kappa shape index (κ2) is 25.3. The van der Waals surface area contributed by atoms with Crippen LogP contribution in [0.5, 0.6) is 0 Å². The minimum absolute atomic E-state index is 0. The van der Waals surface area contributed by atoms with Crippen LogP contribution in [0, 0.1) is 0 Å². The van der Waals surface area contributed by atoms with Crippen LogP contribution in [0.25, 0.3) is 0 Å². The number of hydrogen-bond acceptors (Lipinski definition) is 6. The van der Waals surface area contributed by atoms with Crippen LogP contribution in [-0.4, -0.2) is 164 Å². The van der Waals surface area contributed by atoms with Gasteiger partial charge in [-0.1, -0.05) is 12.1 Å². The zero-order chi connectivity index (χ0) is 15.1. The van der Waals surface area contributed by atoms with Gasteiger partial charge in [-0.05, 0) is 17.4 Å². The molecule has 0 aliphatic heterocycles. The van der Waals surface area contributed by atoms with E-state index in [9.17, 15) is 8.42 Å². The first kappa shape index (κ1) is 51.2. The molecule has 0 fully saturated rings. The van der Waals surface area contributed by atoms with E-state index < -0.39 is 35.5 Å². The SMILES string of the molecule is NC(CO)(CO)CO.O.O.O.O.O=S(=O)(O)c1cccc(P)c1.[NaH].[NaH].[NaH]. The van der Waals surface area contributed by atoms with Gasteiger partial charge < -0.3 is 43.0 Å². The van der Waals surface area contributed by atoms with E-state index in [1.54, 1.807) is 12.1 Å². The van der Waals surface area contributed by atoms with Gasteiger partial charge in [-0.3, -0.25) is 4.55 Å². The molecule has 26 heavy (non-hydrogen) atoms. The maximum atomic E-state index is 10.5. The molecule has 0 spiro atoms. The van der Waals surface area contributed by atoms with Crippen LogP contribution in [0.4, 0.5) is 0 Å². The van der Waals surface area contributed by atoms with Crippen molar-refractivity contribution < 1.29 is 50.2 Å². The van der Waals surface area contributed by atoms with E-state index in [2.05, 4.69) is 9.24 Å². The van der Waals surface area contributed by atoms with Crippen molar-refractivity contribution in [2.45, 2.75) is 10.4 Å². The number of benzene rings is 1. The summed E-state index contributed by atoms with van der Waals surface area (Å²) >= 11 is 0. The third kappa shape index (κ3) is 22.5. The molecule has 11 nitrogen and oxygen atoms in total. The van der Waals surface area contributed by atoms with E-state index in [-0.39, 0.29) is 115 Å². The van der Waals surface area contributed by atoms with Gasteiger partial charge in [0.1, 0.15) is 0 Å². The summed E-state index contributed by atoms with van der Waals surface area (Å²) in [4.78, 5) is -0.0787. The number of aliphatic hydroxyl groups excluding tert-OH is 3. The molecule has 0 aliphatic carbocycles. The molecule has 0 radical (unpaired) electrons. The number of aliphatic hydroxyl groups is 3. The predicted molar refractivity (Wildman–Crippen MR) is 110 cm³/mol. The standard InChI is InChI=1S/C6H7O3PS.C4H11NO3.3Na.4H2O.3H/c7-11(8,9)6-3-1-2-5(10)4-6;5-4(1-6,2-7)3-8;;;;;;;;;;/h1-4H,10H2,(H,7,8,9);6-8H,1-3,5H2;;;;4*1H2;;;. The molecule has 0 bridgehead atoms. The molecule has 0 saturated carbocycles. The van der Waals surface area contributed by atoms with Gasteiger partial charge in [0.05, 0.1) is 30.3 Å². The van der Waals surface area contributed by atoms with E-state index in [1.807, 2.05) is 0 Å². The van der Waals surface area contributed by atoms with Crippen molar-refractivity contribution in [3.05, 3.63) is 24.3 Å². The predicted octanol–water partition coefficient (Wildman–Crippen LogP) is -7.15. The van der Waals surface area contributed by atoms with Crippen molar-refractivity contribution in [1.29, 1.82) is 0 Å². The Balaban J connectivity index is -0.0000000337. The Hall–Kier alpha value is 2.24. The molecule has 1 unspecified atom stereocenters. The Bertz CT molecular complexity index is 499. The molecular weight excluding hydrogens is 426 g/mol. The number of rotatable bonds is 4. The molecule has 1 aromatic carbocycles. The van der Waals surface area contributed by atoms with E-state index in [0.29, 0.717) is 0 Å². The quantitative estimate of drug-likeness (QED) is 0.166. The molecule has 0 amide bonds. The minimum atomic E-state index is -4.04. The van der Waals surface area contributed by atoms with Crippen molar-refractivity contribution in [2.24, 2.45) is 5.73 Å². The van der Waals surface area contributed by atoms with Gasteiger partial charge in [0.15, 0.2) is 0 Å². The van der Waals surface area contributed by atoms with Gasteiger partial charge >= 0.3 is 88.7 Å². The molecule has 148 valence electrons. The Kier molecular flexibility index (Phi) is 49.7. The second-order valence-corrected chi connectivity index (χ2v) is 5.97. The summed E-state index contributed by atoms with van der Waals surface area (Å²) in [5.41, 5.74) is 3.94. The van der Waals surface area contributed by atoms with Crippen molar-refractivity contribution in [1.82, 2.24) is 0 Å². The van der Waals surface area contributed by atoms with Crippen LogP contribution in [0.1, 0.15) is 0 Å². The summed E-state index contributed by atoms with van der Waals surface area (Å²) in [5, 5.41) is 25.7. The first-order valence-electron chi connectivity index (χ1n) is 5.13.